The third kappa shape index (κ3) is 2.67. The van der Waals surface area contributed by atoms with Gasteiger partial charge in [0.1, 0.15) is 0 Å². The summed E-state index contributed by atoms with van der Waals surface area (Å²) < 4.78 is 10.2. The number of ether oxygens (including phenoxy) is 2. The third-order valence-corrected chi connectivity index (χ3v) is 3.79. The molecule has 0 spiro atoms. The molecule has 0 radical (unpaired) electrons. The van der Waals surface area contributed by atoms with Crippen molar-refractivity contribution in [1.29, 1.82) is 5.26 Å². The van der Waals surface area contributed by atoms with E-state index >= 15 is 0 Å². The fourth-order valence-corrected chi connectivity index (χ4v) is 2.80. The minimum atomic E-state index is -1.47. The molecule has 1 aromatic rings. The highest BCUT2D eigenvalue weighted by molar-refractivity contribution is 6.01. The Hall–Kier alpha value is -2.42. The summed E-state index contributed by atoms with van der Waals surface area (Å²) in [5.74, 6) is -1.91. The number of nitrogens with zero attached hydrogens (tertiary/aromatic N) is 2. The zero-order valence-electron chi connectivity index (χ0n) is 12.7. The Morgan fingerprint density at radius 2 is 2.00 bits per heavy atom. The standard InChI is InChI=1S/C16H18N2O4/c1-3-21-14(19)16(15(20)22-4-2)8-11-6-5-7-18-13(11)12(9-16)10-17/h5-7,12H,3-4,8-9H2,1-2H3. The zero-order valence-corrected chi connectivity index (χ0v) is 12.7. The maximum atomic E-state index is 12.5. The summed E-state index contributed by atoms with van der Waals surface area (Å²) in [7, 11) is 0. The van der Waals surface area contributed by atoms with Gasteiger partial charge in [0, 0.05) is 12.6 Å². The number of aromatic nitrogens is 1. The van der Waals surface area contributed by atoms with Gasteiger partial charge in [-0.1, -0.05) is 6.07 Å². The van der Waals surface area contributed by atoms with E-state index in [1.54, 1.807) is 32.2 Å². The second-order valence-corrected chi connectivity index (χ2v) is 5.13. The Balaban J connectivity index is 2.49. The molecular weight excluding hydrogens is 284 g/mol. The van der Waals surface area contributed by atoms with Gasteiger partial charge in [0.2, 0.25) is 0 Å². The van der Waals surface area contributed by atoms with Crippen molar-refractivity contribution in [3.8, 4) is 6.07 Å². The molecule has 22 heavy (non-hydrogen) atoms. The van der Waals surface area contributed by atoms with E-state index in [1.807, 2.05) is 0 Å². The van der Waals surface area contributed by atoms with Crippen LogP contribution in [-0.2, 0) is 25.5 Å². The molecule has 0 saturated carbocycles. The molecule has 1 atom stereocenters. The predicted molar refractivity (Wildman–Crippen MR) is 76.6 cm³/mol. The molecule has 0 saturated heterocycles. The highest BCUT2D eigenvalue weighted by Crippen LogP contribution is 2.43. The first kappa shape index (κ1) is 16.0. The van der Waals surface area contributed by atoms with Crippen molar-refractivity contribution < 1.29 is 19.1 Å². The molecule has 1 heterocycles. The van der Waals surface area contributed by atoms with Crippen LogP contribution in [0.1, 0.15) is 37.4 Å². The molecule has 6 nitrogen and oxygen atoms in total. The lowest BCUT2D eigenvalue weighted by Crippen LogP contribution is -2.47. The Morgan fingerprint density at radius 1 is 1.36 bits per heavy atom. The first-order chi connectivity index (χ1) is 10.6. The van der Waals surface area contributed by atoms with Crippen molar-refractivity contribution in [2.24, 2.45) is 5.41 Å². The second-order valence-electron chi connectivity index (χ2n) is 5.13. The van der Waals surface area contributed by atoms with Gasteiger partial charge < -0.3 is 9.47 Å². The Bertz CT molecular complexity index is 603. The third-order valence-electron chi connectivity index (χ3n) is 3.79. The van der Waals surface area contributed by atoms with Gasteiger partial charge in [0.25, 0.3) is 0 Å². The maximum Gasteiger partial charge on any atom is 0.323 e. The van der Waals surface area contributed by atoms with Crippen molar-refractivity contribution in [2.45, 2.75) is 32.6 Å². The monoisotopic (exact) mass is 302 g/mol. The maximum absolute atomic E-state index is 12.5. The Labute approximate surface area is 129 Å². The van der Waals surface area contributed by atoms with E-state index < -0.39 is 23.3 Å². The SMILES string of the molecule is CCOC(=O)C1(C(=O)OCC)Cc2cccnc2C(C#N)C1. The van der Waals surface area contributed by atoms with Crippen molar-refractivity contribution in [3.63, 3.8) is 0 Å². The fourth-order valence-electron chi connectivity index (χ4n) is 2.80. The van der Waals surface area contributed by atoms with Gasteiger partial charge in [-0.3, -0.25) is 14.6 Å². The van der Waals surface area contributed by atoms with E-state index in [-0.39, 0.29) is 26.1 Å². The molecule has 0 bridgehead atoms. The molecule has 116 valence electrons. The molecule has 0 amide bonds. The van der Waals surface area contributed by atoms with Gasteiger partial charge in [-0.25, -0.2) is 0 Å². The minimum Gasteiger partial charge on any atom is -0.465 e. The number of carbonyl (C=O) groups excluding carboxylic acids is 2. The molecule has 2 rings (SSSR count). The first-order valence-corrected chi connectivity index (χ1v) is 7.27. The molecule has 1 unspecified atom stereocenters. The van der Waals surface area contributed by atoms with E-state index in [0.717, 1.165) is 0 Å². The van der Waals surface area contributed by atoms with E-state index in [4.69, 9.17) is 9.47 Å². The second kappa shape index (κ2) is 6.56. The number of fused-ring (bicyclic) bond motifs is 1. The van der Waals surface area contributed by atoms with Crippen molar-refractivity contribution in [2.75, 3.05) is 13.2 Å². The number of esters is 2. The highest BCUT2D eigenvalue weighted by Gasteiger charge is 2.53. The van der Waals surface area contributed by atoms with E-state index in [2.05, 4.69) is 11.1 Å². The molecule has 1 aliphatic carbocycles. The lowest BCUT2D eigenvalue weighted by atomic mass is 9.68. The van der Waals surface area contributed by atoms with Crippen LogP contribution in [0, 0.1) is 16.7 Å². The van der Waals surface area contributed by atoms with Crippen LogP contribution in [0.15, 0.2) is 18.3 Å². The molecule has 0 N–H and O–H groups in total. The largest absolute Gasteiger partial charge is 0.465 e. The van der Waals surface area contributed by atoms with Crippen molar-refractivity contribution in [3.05, 3.63) is 29.6 Å². The normalized spacial score (nSPS) is 18.7. The van der Waals surface area contributed by atoms with Gasteiger partial charge in [0.15, 0.2) is 5.41 Å². The van der Waals surface area contributed by atoms with Gasteiger partial charge >= 0.3 is 11.9 Å². The molecule has 0 aliphatic heterocycles. The van der Waals surface area contributed by atoms with E-state index in [0.29, 0.717) is 11.3 Å². The summed E-state index contributed by atoms with van der Waals surface area (Å²) in [6.07, 6.45) is 1.78. The molecule has 1 aliphatic rings. The van der Waals surface area contributed by atoms with E-state index in [1.165, 1.54) is 0 Å². The van der Waals surface area contributed by atoms with Gasteiger partial charge in [-0.05, 0) is 31.9 Å². The van der Waals surface area contributed by atoms with Crippen LogP contribution in [0.25, 0.3) is 0 Å². The lowest BCUT2D eigenvalue weighted by Gasteiger charge is -2.35. The van der Waals surface area contributed by atoms with Crippen molar-refractivity contribution >= 4 is 11.9 Å². The average molecular weight is 302 g/mol. The van der Waals surface area contributed by atoms with Crippen LogP contribution < -0.4 is 0 Å². The predicted octanol–water partition coefficient (Wildman–Crippen LogP) is 1.75. The van der Waals surface area contributed by atoms with E-state index in [9.17, 15) is 14.9 Å². The van der Waals surface area contributed by atoms with Crippen LogP contribution in [0.3, 0.4) is 0 Å². The minimum absolute atomic E-state index is 0.0329. The molecule has 0 fully saturated rings. The van der Waals surface area contributed by atoms with Gasteiger partial charge in [-0.15, -0.1) is 0 Å². The number of pyridine rings is 1. The lowest BCUT2D eigenvalue weighted by molar-refractivity contribution is -0.173. The van der Waals surface area contributed by atoms with Crippen molar-refractivity contribution in [1.82, 2.24) is 4.98 Å². The Morgan fingerprint density at radius 3 is 2.55 bits per heavy atom. The first-order valence-electron chi connectivity index (χ1n) is 7.27. The summed E-state index contributed by atoms with van der Waals surface area (Å²) in [6, 6.07) is 5.63. The van der Waals surface area contributed by atoms with Gasteiger partial charge in [0.05, 0.1) is 30.9 Å². The highest BCUT2D eigenvalue weighted by atomic mass is 16.6. The van der Waals surface area contributed by atoms with Crippen LogP contribution >= 0.6 is 0 Å². The van der Waals surface area contributed by atoms with Crippen LogP contribution in [0.4, 0.5) is 0 Å². The number of hydrogen-bond acceptors (Lipinski definition) is 6. The average Bonchev–Trinajstić information content (AvgIpc) is 2.54. The molecule has 6 heteroatoms. The summed E-state index contributed by atoms with van der Waals surface area (Å²) in [5, 5.41) is 9.40. The van der Waals surface area contributed by atoms with Gasteiger partial charge in [-0.2, -0.15) is 5.26 Å². The number of nitriles is 1. The Kier molecular flexibility index (Phi) is 4.76. The number of hydrogen-bond donors (Lipinski definition) is 0. The summed E-state index contributed by atoms with van der Waals surface area (Å²) >= 11 is 0. The molecule has 1 aromatic heterocycles. The summed E-state index contributed by atoms with van der Waals surface area (Å²) in [4.78, 5) is 29.1. The number of carbonyl (C=O) groups is 2. The van der Waals surface area contributed by atoms with Crippen LogP contribution in [0.2, 0.25) is 0 Å². The smallest absolute Gasteiger partial charge is 0.323 e. The molecular formula is C16H18N2O4. The summed E-state index contributed by atoms with van der Waals surface area (Å²) in [5.41, 5.74) is -0.141. The molecule has 0 aromatic carbocycles. The zero-order chi connectivity index (χ0) is 16.2. The van der Waals surface area contributed by atoms with Crippen LogP contribution in [-0.4, -0.2) is 30.1 Å². The quantitative estimate of drug-likeness (QED) is 0.622. The van der Waals surface area contributed by atoms with Crippen LogP contribution in [0.5, 0.6) is 0 Å². The summed E-state index contributed by atoms with van der Waals surface area (Å²) in [6.45, 7) is 3.68. The fraction of sp³-hybridized carbons (Fsp3) is 0.500. The topological polar surface area (TPSA) is 89.3 Å². The number of rotatable bonds is 4.